The highest BCUT2D eigenvalue weighted by Gasteiger charge is 2.31. The van der Waals surface area contributed by atoms with Crippen LogP contribution in [0.25, 0.3) is 17.7 Å². The zero-order chi connectivity index (χ0) is 37.6. The molecule has 9 heteroatoms. The summed E-state index contributed by atoms with van der Waals surface area (Å²) >= 11 is 0. The van der Waals surface area contributed by atoms with Gasteiger partial charge in [0.25, 0.3) is 5.91 Å². The van der Waals surface area contributed by atoms with Crippen LogP contribution in [0.15, 0.2) is 48.5 Å². The maximum Gasteiger partial charge on any atom is 0.261 e. The molecule has 0 aromatic heterocycles. The molecule has 3 amide bonds. The summed E-state index contributed by atoms with van der Waals surface area (Å²) < 4.78 is 4.93. The predicted molar refractivity (Wildman–Crippen MR) is 222 cm³/mol. The van der Waals surface area contributed by atoms with Gasteiger partial charge in [0, 0.05) is 68.6 Å². The van der Waals surface area contributed by atoms with Gasteiger partial charge in [0.05, 0.1) is 0 Å². The molecule has 0 radical (unpaired) electrons. The molecule has 0 bridgehead atoms. The van der Waals surface area contributed by atoms with Gasteiger partial charge in [-0.25, -0.2) is 4.31 Å². The first-order valence-corrected chi connectivity index (χ1v) is 21.0. The minimum Gasteiger partial charge on any atom is -0.374 e. The number of carbonyl (C=O) groups excluding carboxylic acids is 3. The average Bonchev–Trinajstić information content (AvgIpc) is 3.59. The van der Waals surface area contributed by atoms with E-state index in [-0.39, 0.29) is 23.6 Å². The van der Waals surface area contributed by atoms with E-state index >= 15 is 0 Å². The van der Waals surface area contributed by atoms with Crippen molar-refractivity contribution in [2.24, 2.45) is 11.8 Å². The van der Waals surface area contributed by atoms with E-state index in [0.717, 1.165) is 80.5 Å². The monoisotopic (exact) mass is 729 g/mol. The molecule has 2 aromatic carbocycles. The van der Waals surface area contributed by atoms with Crippen molar-refractivity contribution in [3.8, 4) is 0 Å². The second-order valence-corrected chi connectivity index (χ2v) is 15.9. The maximum atomic E-state index is 13.4. The lowest BCUT2D eigenvalue weighted by Crippen LogP contribution is -2.43. The summed E-state index contributed by atoms with van der Waals surface area (Å²) in [6.07, 6.45) is 16.8. The molecule has 2 saturated heterocycles. The minimum absolute atomic E-state index is 0.0000321. The third kappa shape index (κ3) is 10.9. The number of carbonyl (C=O) groups is 3. The van der Waals surface area contributed by atoms with E-state index in [2.05, 4.69) is 59.8 Å². The molecule has 1 aliphatic carbocycles. The summed E-state index contributed by atoms with van der Waals surface area (Å²) in [5.74, 6) is 4.66. The number of nitrogens with zero attached hydrogens (tertiary/aromatic N) is 4. The number of anilines is 1. The first-order chi connectivity index (χ1) is 25.2. The van der Waals surface area contributed by atoms with Crippen molar-refractivity contribution in [1.29, 1.82) is 0 Å². The minimum atomic E-state index is -0.622. The molecule has 2 heterocycles. The molecule has 52 heavy (non-hydrogen) atoms. The first kappa shape index (κ1) is 41.1. The Morgan fingerprint density at radius 3 is 2.08 bits per heavy atom. The first-order valence-electron chi connectivity index (χ1n) is 19.6. The third-order valence-corrected chi connectivity index (χ3v) is 12.0. The standard InChI is InChI=1S/C41H57N5O3S.C2H6/c1-6-44(4)38-30-35(40(48)42-50(5)43(2)3)19-21-36(38)37(32-16-9-7-8-10-17-32)29-34-18-12-11-15-31(34)20-22-39(47)45-27-23-33(24-28-45)41(49)46-25-13-14-26-46;1-2/h11-12,15,18-22,29-30,32-33H,5-10,13-14,16-17,23-28H2,1-4H3,(H,42,48);1-2H3/b22-20+,37-29+;. The Bertz CT molecular complexity index is 1580. The average molecular weight is 730 g/mol. The smallest absolute Gasteiger partial charge is 0.261 e. The van der Waals surface area contributed by atoms with Crippen LogP contribution in [0.5, 0.6) is 0 Å². The Labute approximate surface area is 316 Å². The van der Waals surface area contributed by atoms with Gasteiger partial charge in [-0.1, -0.05) is 75.9 Å². The van der Waals surface area contributed by atoms with Gasteiger partial charge in [0.15, 0.2) is 0 Å². The van der Waals surface area contributed by atoms with Crippen LogP contribution in [0.2, 0.25) is 0 Å². The maximum absolute atomic E-state index is 13.4. The van der Waals surface area contributed by atoms with Crippen molar-refractivity contribution in [2.75, 3.05) is 58.8 Å². The Morgan fingerprint density at radius 1 is 0.827 bits per heavy atom. The molecule has 1 atom stereocenters. The fraction of sp³-hybridized carbons (Fsp3) is 0.535. The van der Waals surface area contributed by atoms with Crippen molar-refractivity contribution in [3.05, 3.63) is 70.8 Å². The molecule has 0 spiro atoms. The molecule has 1 saturated carbocycles. The van der Waals surface area contributed by atoms with E-state index in [9.17, 15) is 14.4 Å². The fourth-order valence-corrected chi connectivity index (χ4v) is 7.95. The number of benzene rings is 2. The molecule has 3 fully saturated rings. The van der Waals surface area contributed by atoms with Crippen LogP contribution in [0.4, 0.5) is 5.69 Å². The summed E-state index contributed by atoms with van der Waals surface area (Å²) in [5, 5.41) is 0. The molecule has 3 aliphatic rings. The van der Waals surface area contributed by atoms with E-state index in [1.807, 2.05) is 66.3 Å². The van der Waals surface area contributed by atoms with E-state index in [4.69, 9.17) is 0 Å². The van der Waals surface area contributed by atoms with Gasteiger partial charge < -0.3 is 14.7 Å². The third-order valence-electron chi connectivity index (χ3n) is 10.7. The number of hydrogen-bond donors (Lipinski definition) is 1. The molecule has 1 N–H and O–H groups in total. The molecular weight excluding hydrogens is 667 g/mol. The van der Waals surface area contributed by atoms with Gasteiger partial charge >= 0.3 is 0 Å². The van der Waals surface area contributed by atoms with Gasteiger partial charge in [0.2, 0.25) is 11.8 Å². The largest absolute Gasteiger partial charge is 0.374 e. The highest BCUT2D eigenvalue weighted by molar-refractivity contribution is 8.10. The van der Waals surface area contributed by atoms with Crippen molar-refractivity contribution in [3.63, 3.8) is 0 Å². The van der Waals surface area contributed by atoms with Gasteiger partial charge in [-0.05, 0) is 117 Å². The van der Waals surface area contributed by atoms with E-state index in [1.165, 1.54) is 31.3 Å². The number of amides is 3. The van der Waals surface area contributed by atoms with Crippen molar-refractivity contribution >= 4 is 57.9 Å². The summed E-state index contributed by atoms with van der Waals surface area (Å²) in [4.78, 5) is 45.7. The van der Waals surface area contributed by atoms with E-state index in [0.29, 0.717) is 24.6 Å². The van der Waals surface area contributed by atoms with E-state index < -0.39 is 10.9 Å². The van der Waals surface area contributed by atoms with Crippen molar-refractivity contribution < 1.29 is 14.4 Å². The zero-order valence-corrected chi connectivity index (χ0v) is 33.5. The van der Waals surface area contributed by atoms with Crippen molar-refractivity contribution in [2.45, 2.75) is 85.0 Å². The van der Waals surface area contributed by atoms with Gasteiger partial charge in [0.1, 0.15) is 0 Å². The quantitative estimate of drug-likeness (QED) is 0.109. The molecule has 5 rings (SSSR count). The van der Waals surface area contributed by atoms with E-state index in [1.54, 1.807) is 6.08 Å². The summed E-state index contributed by atoms with van der Waals surface area (Å²) in [6, 6.07) is 14.4. The summed E-state index contributed by atoms with van der Waals surface area (Å²) in [6.45, 7) is 9.94. The Morgan fingerprint density at radius 2 is 1.46 bits per heavy atom. The normalized spacial score (nSPS) is 18.2. The lowest BCUT2D eigenvalue weighted by atomic mass is 9.83. The Hall–Kier alpha value is -3.69. The van der Waals surface area contributed by atoms with Crippen LogP contribution in [0, 0.1) is 11.8 Å². The highest BCUT2D eigenvalue weighted by Crippen LogP contribution is 2.40. The Balaban J connectivity index is 0.00000297. The number of allylic oxidation sites excluding steroid dienone is 1. The lowest BCUT2D eigenvalue weighted by molar-refractivity contribution is -0.138. The molecule has 284 valence electrons. The molecule has 8 nitrogen and oxygen atoms in total. The summed E-state index contributed by atoms with van der Waals surface area (Å²) in [7, 11) is 5.28. The van der Waals surface area contributed by atoms with Crippen LogP contribution in [0.1, 0.15) is 112 Å². The number of piperidine rings is 1. The second kappa shape index (κ2) is 20.5. The molecule has 2 aromatic rings. The van der Waals surface area contributed by atoms with Gasteiger partial charge in [-0.15, -0.1) is 0 Å². The molecular formula is C43H63N5O3S. The fourth-order valence-electron chi connectivity index (χ4n) is 7.44. The van der Waals surface area contributed by atoms with Gasteiger partial charge in [-0.3, -0.25) is 19.1 Å². The second-order valence-electron chi connectivity index (χ2n) is 14.2. The Kier molecular flexibility index (Phi) is 16.2. The van der Waals surface area contributed by atoms with Crippen molar-refractivity contribution in [1.82, 2.24) is 18.8 Å². The zero-order valence-electron chi connectivity index (χ0n) is 32.7. The number of likely N-dealkylation sites (tertiary alicyclic amines) is 2. The number of hydrogen-bond acceptors (Lipinski definition) is 5. The van der Waals surface area contributed by atoms with Crippen LogP contribution in [0.3, 0.4) is 0 Å². The summed E-state index contributed by atoms with van der Waals surface area (Å²) in [5.41, 5.74) is 6.18. The van der Waals surface area contributed by atoms with Crippen LogP contribution in [-0.2, 0) is 9.59 Å². The number of nitrogens with one attached hydrogen (secondary N) is 1. The van der Waals surface area contributed by atoms with Crippen LogP contribution < -0.4 is 9.62 Å². The number of rotatable bonds is 11. The lowest BCUT2D eigenvalue weighted by Gasteiger charge is -2.32. The highest BCUT2D eigenvalue weighted by atomic mass is 32.2. The molecule has 1 unspecified atom stereocenters. The van der Waals surface area contributed by atoms with Gasteiger partial charge in [-0.2, -0.15) is 0 Å². The topological polar surface area (TPSA) is 76.2 Å². The van der Waals surface area contributed by atoms with Crippen LogP contribution >= 0.6 is 10.9 Å². The molecule has 2 aliphatic heterocycles. The SMILES string of the molecule is C=S(NC(=O)c1ccc(/C(=C/c2ccccc2/C=C/C(=O)N2CCC(C(=O)N3CCCC3)CC2)C2CCCCCC2)c(N(C)CC)c1)N(C)C.CC. The van der Waals surface area contributed by atoms with Crippen LogP contribution in [-0.4, -0.2) is 91.6 Å². The predicted octanol–water partition coefficient (Wildman–Crippen LogP) is 8.38.